The monoisotopic (exact) mass is 116 g/mol. The van der Waals surface area contributed by atoms with Crippen LogP contribution in [0.15, 0.2) is 0 Å². The van der Waals surface area contributed by atoms with Crippen LogP contribution in [0.4, 0.5) is 0 Å². The van der Waals surface area contributed by atoms with E-state index in [4.69, 9.17) is 4.74 Å². The van der Waals surface area contributed by atoms with Gasteiger partial charge < -0.3 is 9.47 Å². The Hall–Kier alpha value is -0.0800. The Morgan fingerprint density at radius 1 is 1.50 bits per heavy atom. The lowest BCUT2D eigenvalue weighted by Gasteiger charge is -1.69. The predicted octanol–water partition coefficient (Wildman–Crippen LogP) is 0.812. The molecule has 0 radical (unpaired) electrons. The first kappa shape index (κ1) is 6.05. The van der Waals surface area contributed by atoms with Gasteiger partial charge in [-0.1, -0.05) is 6.92 Å². The molecular weight excluding hydrogens is 104 g/mol. The molecule has 0 aromatic heterocycles. The van der Waals surface area contributed by atoms with Crippen molar-refractivity contribution in [1.82, 2.24) is 0 Å². The van der Waals surface area contributed by atoms with Gasteiger partial charge in [0, 0.05) is 0 Å². The highest BCUT2D eigenvalue weighted by atomic mass is 16.6. The molecule has 0 N–H and O–H groups in total. The van der Waals surface area contributed by atoms with Gasteiger partial charge in [0.1, 0.15) is 0 Å². The summed E-state index contributed by atoms with van der Waals surface area (Å²) < 4.78 is 9.36. The molecule has 2 aliphatic rings. The van der Waals surface area contributed by atoms with E-state index in [2.05, 4.69) is 11.7 Å². The lowest BCUT2D eigenvalue weighted by Crippen LogP contribution is -1.73. The Balaban J connectivity index is 0.0000000907. The summed E-state index contributed by atoms with van der Waals surface area (Å²) in [5.74, 6) is 0. The van der Waals surface area contributed by atoms with Crippen LogP contribution in [0.5, 0.6) is 0 Å². The van der Waals surface area contributed by atoms with E-state index in [1.807, 2.05) is 0 Å². The molecule has 1 unspecified atom stereocenters. The van der Waals surface area contributed by atoms with Crippen molar-refractivity contribution in [2.24, 2.45) is 0 Å². The van der Waals surface area contributed by atoms with Gasteiger partial charge in [-0.2, -0.15) is 0 Å². The zero-order chi connectivity index (χ0) is 5.82. The fourth-order valence-corrected chi connectivity index (χ4v) is 0.304. The smallest absolute Gasteiger partial charge is 0.0807 e. The van der Waals surface area contributed by atoms with Gasteiger partial charge in [-0.15, -0.1) is 0 Å². The van der Waals surface area contributed by atoms with Crippen molar-refractivity contribution >= 4 is 0 Å². The van der Waals surface area contributed by atoms with Crippen molar-refractivity contribution in [2.45, 2.75) is 19.4 Å². The highest BCUT2D eigenvalue weighted by Gasteiger charge is 2.18. The van der Waals surface area contributed by atoms with Crippen LogP contribution in [0.2, 0.25) is 0 Å². The van der Waals surface area contributed by atoms with Gasteiger partial charge in [0.25, 0.3) is 0 Å². The lowest BCUT2D eigenvalue weighted by molar-refractivity contribution is 0.403. The third-order valence-corrected chi connectivity index (χ3v) is 1.06. The first-order valence-electron chi connectivity index (χ1n) is 3.13. The zero-order valence-electron chi connectivity index (χ0n) is 5.22. The summed E-state index contributed by atoms with van der Waals surface area (Å²) >= 11 is 0. The maximum Gasteiger partial charge on any atom is 0.0807 e. The molecule has 2 aliphatic heterocycles. The molecule has 0 spiro atoms. The van der Waals surface area contributed by atoms with E-state index in [9.17, 15) is 0 Å². The van der Waals surface area contributed by atoms with Crippen molar-refractivity contribution in [1.29, 1.82) is 0 Å². The average Bonchev–Trinajstić information content (AvgIpc) is 2.65. The molecule has 1 atom stereocenters. The SMILES string of the molecule is C1CO1.CCC1CO1. The predicted molar refractivity (Wildman–Crippen MR) is 30.8 cm³/mol. The Morgan fingerprint density at radius 2 is 2.00 bits per heavy atom. The third-order valence-electron chi connectivity index (χ3n) is 1.06. The second-order valence-electron chi connectivity index (χ2n) is 1.98. The van der Waals surface area contributed by atoms with Crippen molar-refractivity contribution < 1.29 is 9.47 Å². The van der Waals surface area contributed by atoms with E-state index in [-0.39, 0.29) is 0 Å². The summed E-state index contributed by atoms with van der Waals surface area (Å²) in [6.45, 7) is 5.15. The van der Waals surface area contributed by atoms with Crippen molar-refractivity contribution in [3.63, 3.8) is 0 Å². The number of epoxide rings is 2. The molecule has 2 nitrogen and oxygen atoms in total. The third kappa shape index (κ3) is 4.09. The van der Waals surface area contributed by atoms with Crippen molar-refractivity contribution in [3.8, 4) is 0 Å². The summed E-state index contributed by atoms with van der Waals surface area (Å²) in [4.78, 5) is 0. The van der Waals surface area contributed by atoms with E-state index in [0.29, 0.717) is 6.10 Å². The molecule has 0 aromatic rings. The van der Waals surface area contributed by atoms with Gasteiger partial charge in [-0.05, 0) is 6.42 Å². The molecule has 2 saturated heterocycles. The molecule has 0 saturated carbocycles. The molecule has 2 rings (SSSR count). The Labute approximate surface area is 49.8 Å². The van der Waals surface area contributed by atoms with Gasteiger partial charge in [-0.3, -0.25) is 0 Å². The molecule has 0 bridgehead atoms. The first-order valence-corrected chi connectivity index (χ1v) is 3.13. The second kappa shape index (κ2) is 3.05. The van der Waals surface area contributed by atoms with E-state index >= 15 is 0 Å². The number of rotatable bonds is 1. The fourth-order valence-electron chi connectivity index (χ4n) is 0.304. The highest BCUT2D eigenvalue weighted by molar-refractivity contribution is 4.64. The summed E-state index contributed by atoms with van der Waals surface area (Å²) in [5.41, 5.74) is 0. The van der Waals surface area contributed by atoms with E-state index in [1.54, 1.807) is 0 Å². The van der Waals surface area contributed by atoms with Crippen LogP contribution >= 0.6 is 0 Å². The largest absolute Gasteiger partial charge is 0.377 e. The van der Waals surface area contributed by atoms with Crippen molar-refractivity contribution in [3.05, 3.63) is 0 Å². The molecular formula is C6H12O2. The van der Waals surface area contributed by atoms with Crippen LogP contribution in [0, 0.1) is 0 Å². The first-order chi connectivity index (χ1) is 3.93. The van der Waals surface area contributed by atoms with Gasteiger partial charge in [-0.25, -0.2) is 0 Å². The minimum absolute atomic E-state index is 0.634. The van der Waals surface area contributed by atoms with E-state index in [1.165, 1.54) is 6.42 Å². The van der Waals surface area contributed by atoms with Crippen LogP contribution in [0.25, 0.3) is 0 Å². The molecule has 8 heavy (non-hydrogen) atoms. The van der Waals surface area contributed by atoms with Gasteiger partial charge >= 0.3 is 0 Å². The van der Waals surface area contributed by atoms with Crippen LogP contribution in [-0.2, 0) is 9.47 Å². The summed E-state index contributed by atoms with van der Waals surface area (Å²) in [6.07, 6.45) is 1.83. The Kier molecular flexibility index (Phi) is 2.30. The van der Waals surface area contributed by atoms with Crippen LogP contribution in [0.1, 0.15) is 13.3 Å². The summed E-state index contributed by atoms with van der Waals surface area (Å²) in [6, 6.07) is 0. The highest BCUT2D eigenvalue weighted by Crippen LogP contribution is 2.10. The Morgan fingerprint density at radius 3 is 2.00 bits per heavy atom. The second-order valence-corrected chi connectivity index (χ2v) is 1.98. The number of hydrogen-bond acceptors (Lipinski definition) is 2. The quantitative estimate of drug-likeness (QED) is 0.474. The topological polar surface area (TPSA) is 25.1 Å². The summed E-state index contributed by atoms with van der Waals surface area (Å²) in [5, 5.41) is 0. The number of hydrogen-bond donors (Lipinski definition) is 0. The molecule has 0 amide bonds. The maximum absolute atomic E-state index is 4.86. The van der Waals surface area contributed by atoms with Gasteiger partial charge in [0.15, 0.2) is 0 Å². The normalized spacial score (nSPS) is 30.4. The Bertz CT molecular complexity index is 54.8. The maximum atomic E-state index is 4.86. The van der Waals surface area contributed by atoms with Gasteiger partial charge in [0.2, 0.25) is 0 Å². The molecule has 2 heteroatoms. The van der Waals surface area contributed by atoms with Crippen LogP contribution in [-0.4, -0.2) is 25.9 Å². The van der Waals surface area contributed by atoms with Crippen LogP contribution < -0.4 is 0 Å². The molecule has 0 aromatic carbocycles. The minimum Gasteiger partial charge on any atom is -0.377 e. The van der Waals surface area contributed by atoms with E-state index in [0.717, 1.165) is 19.8 Å². The lowest BCUT2D eigenvalue weighted by atomic mass is 10.4. The minimum atomic E-state index is 0.634. The molecule has 48 valence electrons. The molecule has 2 heterocycles. The number of ether oxygens (including phenoxy) is 2. The molecule has 0 aliphatic carbocycles. The van der Waals surface area contributed by atoms with Crippen LogP contribution in [0.3, 0.4) is 0 Å². The average molecular weight is 116 g/mol. The molecule has 2 fully saturated rings. The zero-order valence-corrected chi connectivity index (χ0v) is 5.22. The van der Waals surface area contributed by atoms with Gasteiger partial charge in [0.05, 0.1) is 25.9 Å². The van der Waals surface area contributed by atoms with E-state index < -0.39 is 0 Å². The summed E-state index contributed by atoms with van der Waals surface area (Å²) in [7, 11) is 0. The standard InChI is InChI=1S/C4H8O.C2H4O/c1-2-4-3-5-4;1-2-3-1/h4H,2-3H2,1H3;1-2H2. The fraction of sp³-hybridized carbons (Fsp3) is 1.00. The van der Waals surface area contributed by atoms with Crippen molar-refractivity contribution in [2.75, 3.05) is 19.8 Å².